The fraction of sp³-hybridized carbons (Fsp3) is 0.524. The zero-order chi connectivity index (χ0) is 24.9. The third-order valence-corrected chi connectivity index (χ3v) is 5.85. The molecule has 0 amide bonds. The van der Waals surface area contributed by atoms with Gasteiger partial charge in [-0.1, -0.05) is 43.7 Å². The number of aliphatic hydroxyl groups is 1. The number of carboxylic acids is 4. The molecule has 10 nitrogen and oxygen atoms in total. The molecule has 0 aliphatic rings. The van der Waals surface area contributed by atoms with Crippen LogP contribution in [-0.4, -0.2) is 86.3 Å². The van der Waals surface area contributed by atoms with Gasteiger partial charge < -0.3 is 30.4 Å². The smallest absolute Gasteiger partial charge is 0.336 e. The number of rotatable bonds is 13. The zero-order valence-electron chi connectivity index (χ0n) is 18.4. The predicted molar refractivity (Wildman–Crippen MR) is 119 cm³/mol. The highest BCUT2D eigenvalue weighted by molar-refractivity contribution is 8.00. The minimum absolute atomic E-state index is 0.657. The summed E-state index contributed by atoms with van der Waals surface area (Å²) in [4.78, 5) is 44.4. The van der Waals surface area contributed by atoms with Gasteiger partial charge in [0.15, 0.2) is 5.60 Å². The molecular weight excluding hydrogens is 442 g/mol. The van der Waals surface area contributed by atoms with Crippen LogP contribution in [0.3, 0.4) is 0 Å². The lowest BCUT2D eigenvalue weighted by Crippen LogP contribution is -2.42. The molecule has 0 radical (unpaired) electrons. The Balaban J connectivity index is 0.000000649. The lowest BCUT2D eigenvalue weighted by molar-refractivity contribution is -0.170. The molecule has 0 saturated heterocycles. The Bertz CT molecular complexity index is 754. The van der Waals surface area contributed by atoms with Crippen LogP contribution in [0.25, 0.3) is 0 Å². The molecule has 1 aromatic carbocycles. The number of benzene rings is 1. The summed E-state index contributed by atoms with van der Waals surface area (Å²) in [6, 6.07) is 9.59. The second-order valence-electron chi connectivity index (χ2n) is 7.38. The van der Waals surface area contributed by atoms with Crippen LogP contribution in [0.15, 0.2) is 30.3 Å². The maximum Gasteiger partial charge on any atom is 0.336 e. The molecule has 1 rings (SSSR count). The van der Waals surface area contributed by atoms with Gasteiger partial charge in [0.05, 0.1) is 12.8 Å². The van der Waals surface area contributed by atoms with Gasteiger partial charge in [0.2, 0.25) is 0 Å². The van der Waals surface area contributed by atoms with Gasteiger partial charge >= 0.3 is 23.9 Å². The van der Waals surface area contributed by atoms with Crippen molar-refractivity contribution < 1.29 is 44.7 Å². The van der Waals surface area contributed by atoms with Gasteiger partial charge in [0, 0.05) is 12.3 Å². The molecule has 0 aromatic heterocycles. The lowest BCUT2D eigenvalue weighted by atomic mass is 9.93. The Kier molecular flexibility index (Phi) is 12.6. The second-order valence-corrected chi connectivity index (χ2v) is 8.77. The minimum Gasteiger partial charge on any atom is -0.481 e. The summed E-state index contributed by atoms with van der Waals surface area (Å²) in [6.07, 6.45) is -0.774. The van der Waals surface area contributed by atoms with Crippen molar-refractivity contribution >= 4 is 35.6 Å². The van der Waals surface area contributed by atoms with Crippen molar-refractivity contribution in [3.63, 3.8) is 0 Å². The van der Waals surface area contributed by atoms with E-state index in [4.69, 9.17) is 20.4 Å². The van der Waals surface area contributed by atoms with Crippen LogP contribution in [0.2, 0.25) is 0 Å². The Morgan fingerprint density at radius 2 is 1.41 bits per heavy atom. The molecule has 0 fully saturated rings. The average molecular weight is 474 g/mol. The summed E-state index contributed by atoms with van der Waals surface area (Å²) < 4.78 is -0.813. The van der Waals surface area contributed by atoms with Crippen molar-refractivity contribution in [3.05, 3.63) is 35.9 Å². The second kappa shape index (κ2) is 13.7. The molecule has 0 heterocycles. The van der Waals surface area contributed by atoms with Crippen LogP contribution < -0.4 is 0 Å². The van der Waals surface area contributed by atoms with Gasteiger partial charge in [-0.15, -0.1) is 11.8 Å². The third kappa shape index (κ3) is 9.67. The molecule has 180 valence electrons. The summed E-state index contributed by atoms with van der Waals surface area (Å²) >= 11 is 1.54. The van der Waals surface area contributed by atoms with E-state index < -0.39 is 47.1 Å². The van der Waals surface area contributed by atoms with Crippen LogP contribution in [0.4, 0.5) is 0 Å². The molecule has 11 heteroatoms. The summed E-state index contributed by atoms with van der Waals surface area (Å²) in [5.41, 5.74) is -1.84. The van der Waals surface area contributed by atoms with Crippen molar-refractivity contribution in [1.29, 1.82) is 0 Å². The van der Waals surface area contributed by atoms with Crippen molar-refractivity contribution in [3.8, 4) is 0 Å². The fourth-order valence-corrected chi connectivity index (χ4v) is 4.35. The molecule has 0 aliphatic heterocycles. The maximum absolute atomic E-state index is 11.9. The SMILES string of the molecule is CCCC(SCCN(C)C)(C(=O)O)c1ccccc1.O=C(O)CC(O)(CC(=O)O)C(=O)O. The van der Waals surface area contributed by atoms with Gasteiger partial charge in [-0.25, -0.2) is 4.79 Å². The van der Waals surface area contributed by atoms with E-state index in [2.05, 4.69) is 4.90 Å². The van der Waals surface area contributed by atoms with Crippen LogP contribution in [0.5, 0.6) is 0 Å². The van der Waals surface area contributed by atoms with Crippen molar-refractivity contribution in [2.45, 2.75) is 43.0 Å². The molecule has 0 spiro atoms. The van der Waals surface area contributed by atoms with Crippen molar-refractivity contribution in [1.82, 2.24) is 4.90 Å². The van der Waals surface area contributed by atoms with Gasteiger partial charge in [-0.2, -0.15) is 0 Å². The first-order valence-electron chi connectivity index (χ1n) is 9.77. The third-order valence-electron chi connectivity index (χ3n) is 4.36. The number of carboxylic acid groups (broad SMARTS) is 4. The number of carbonyl (C=O) groups is 4. The van der Waals surface area contributed by atoms with E-state index in [1.807, 2.05) is 51.4 Å². The highest BCUT2D eigenvalue weighted by Gasteiger charge is 2.41. The molecule has 1 aromatic rings. The van der Waals surface area contributed by atoms with Gasteiger partial charge in [-0.3, -0.25) is 14.4 Å². The molecule has 1 atom stereocenters. The molecule has 32 heavy (non-hydrogen) atoms. The van der Waals surface area contributed by atoms with Crippen molar-refractivity contribution in [2.24, 2.45) is 0 Å². The monoisotopic (exact) mass is 473 g/mol. The number of thioether (sulfide) groups is 1. The van der Waals surface area contributed by atoms with Gasteiger partial charge in [0.1, 0.15) is 4.75 Å². The molecule has 0 saturated carbocycles. The van der Waals surface area contributed by atoms with E-state index in [0.717, 1.165) is 24.3 Å². The largest absolute Gasteiger partial charge is 0.481 e. The molecular formula is C21H31NO9S. The first-order chi connectivity index (χ1) is 14.8. The molecule has 0 aliphatic carbocycles. The van der Waals surface area contributed by atoms with Crippen molar-refractivity contribution in [2.75, 3.05) is 26.4 Å². The fourth-order valence-electron chi connectivity index (χ4n) is 2.77. The van der Waals surface area contributed by atoms with E-state index in [-0.39, 0.29) is 0 Å². The summed E-state index contributed by atoms with van der Waals surface area (Å²) in [6.45, 7) is 2.92. The van der Waals surface area contributed by atoms with Gasteiger partial charge in [-0.05, 0) is 26.1 Å². The lowest BCUT2D eigenvalue weighted by Gasteiger charge is -2.29. The maximum atomic E-state index is 11.9. The van der Waals surface area contributed by atoms with Crippen LogP contribution in [0, 0.1) is 0 Å². The van der Waals surface area contributed by atoms with Crippen LogP contribution in [0.1, 0.15) is 38.2 Å². The zero-order valence-corrected chi connectivity index (χ0v) is 19.2. The van der Waals surface area contributed by atoms with E-state index in [1.165, 1.54) is 0 Å². The number of hydrogen-bond acceptors (Lipinski definition) is 7. The highest BCUT2D eigenvalue weighted by Crippen LogP contribution is 2.41. The first-order valence-corrected chi connectivity index (χ1v) is 10.8. The minimum atomic E-state index is -2.74. The normalized spacial score (nSPS) is 12.9. The van der Waals surface area contributed by atoms with Crippen LogP contribution >= 0.6 is 11.8 Å². The Morgan fingerprint density at radius 3 is 1.75 bits per heavy atom. The van der Waals surface area contributed by atoms with Gasteiger partial charge in [0.25, 0.3) is 0 Å². The van der Waals surface area contributed by atoms with E-state index in [0.29, 0.717) is 6.42 Å². The molecule has 5 N–H and O–H groups in total. The average Bonchev–Trinajstić information content (AvgIpc) is 2.66. The molecule has 0 bridgehead atoms. The number of hydrogen-bond donors (Lipinski definition) is 5. The standard InChI is InChI=1S/C15H23NO2S.C6H8O7/c1-4-10-15(14(17)18,19-12-11-16(2)3)13-8-6-5-7-9-13;7-3(8)1-6(13,5(11)12)2-4(9)10/h5-9H,4,10-12H2,1-3H3,(H,17,18);13H,1-2H2,(H,7,8)(H,9,10)(H,11,12). The number of aliphatic carboxylic acids is 4. The topological polar surface area (TPSA) is 173 Å². The van der Waals surface area contributed by atoms with E-state index >= 15 is 0 Å². The summed E-state index contributed by atoms with van der Waals surface area (Å²) in [7, 11) is 4.01. The summed E-state index contributed by atoms with van der Waals surface area (Å²) in [5.74, 6) is -4.94. The molecule has 1 unspecified atom stereocenters. The van der Waals surface area contributed by atoms with E-state index in [1.54, 1.807) is 11.8 Å². The quantitative estimate of drug-likeness (QED) is 0.283. The Hall–Kier alpha value is -2.63. The highest BCUT2D eigenvalue weighted by atomic mass is 32.2. The summed E-state index contributed by atoms with van der Waals surface area (Å²) in [5, 5.41) is 43.6. The first kappa shape index (κ1) is 29.4. The Labute approximate surface area is 190 Å². The predicted octanol–water partition coefficient (Wildman–Crippen LogP) is 1.81. The Morgan fingerprint density at radius 1 is 0.906 bits per heavy atom. The number of nitrogens with zero attached hydrogens (tertiary/aromatic N) is 1. The van der Waals surface area contributed by atoms with Crippen LogP contribution in [-0.2, 0) is 23.9 Å². The van der Waals surface area contributed by atoms with E-state index in [9.17, 15) is 24.3 Å².